The molecule has 0 aliphatic rings. The molecule has 0 aromatic rings. The van der Waals surface area contributed by atoms with Gasteiger partial charge in [-0.1, -0.05) is 0 Å². The molecule has 0 aromatic heterocycles. The smallest absolute Gasteiger partial charge is 0.0555 e. The predicted octanol–water partition coefficient (Wildman–Crippen LogP) is -1.44. The van der Waals surface area contributed by atoms with E-state index in [1.807, 2.05) is 0 Å². The SMILES string of the molecule is OCCNCCO.[Zr]. The third-order valence-corrected chi connectivity index (χ3v) is 0.577. The van der Waals surface area contributed by atoms with Gasteiger partial charge in [0, 0.05) is 39.3 Å². The summed E-state index contributed by atoms with van der Waals surface area (Å²) in [4.78, 5) is 0. The summed E-state index contributed by atoms with van der Waals surface area (Å²) in [6.45, 7) is 1.42. The van der Waals surface area contributed by atoms with Gasteiger partial charge in [0.05, 0.1) is 13.2 Å². The first-order valence-corrected chi connectivity index (χ1v) is 2.34. The van der Waals surface area contributed by atoms with Crippen LogP contribution >= 0.6 is 0 Å². The number of aliphatic hydroxyl groups is 2. The number of hydrogen-bond acceptors (Lipinski definition) is 3. The fourth-order valence-electron chi connectivity index (χ4n) is 0.283. The maximum absolute atomic E-state index is 8.15. The van der Waals surface area contributed by atoms with Gasteiger partial charge in [-0.15, -0.1) is 0 Å². The zero-order chi connectivity index (χ0) is 5.54. The van der Waals surface area contributed by atoms with Crippen LogP contribution in [-0.4, -0.2) is 36.5 Å². The Hall–Kier alpha value is 0.763. The van der Waals surface area contributed by atoms with Gasteiger partial charge in [-0.3, -0.25) is 0 Å². The average Bonchev–Trinajstić information content (AvgIpc) is 1.69. The molecular formula is C4H11NO2Zr. The van der Waals surface area contributed by atoms with Crippen LogP contribution in [0, 0.1) is 0 Å². The summed E-state index contributed by atoms with van der Waals surface area (Å²) in [5.41, 5.74) is 0. The van der Waals surface area contributed by atoms with Crippen molar-refractivity contribution in [2.75, 3.05) is 26.3 Å². The van der Waals surface area contributed by atoms with Crippen molar-refractivity contribution in [3.63, 3.8) is 0 Å². The summed E-state index contributed by atoms with van der Waals surface area (Å²) in [6.07, 6.45) is 0. The van der Waals surface area contributed by atoms with E-state index in [9.17, 15) is 0 Å². The Morgan fingerprint density at radius 2 is 1.38 bits per heavy atom. The summed E-state index contributed by atoms with van der Waals surface area (Å²) in [7, 11) is 0. The van der Waals surface area contributed by atoms with Crippen molar-refractivity contribution in [2.24, 2.45) is 0 Å². The second-order valence-electron chi connectivity index (χ2n) is 1.20. The minimum atomic E-state index is 0. The molecule has 0 unspecified atom stereocenters. The molecule has 4 heteroatoms. The number of rotatable bonds is 4. The van der Waals surface area contributed by atoms with Gasteiger partial charge in [0.1, 0.15) is 0 Å². The summed E-state index contributed by atoms with van der Waals surface area (Å²) < 4.78 is 0. The van der Waals surface area contributed by atoms with E-state index in [4.69, 9.17) is 10.2 Å². The Morgan fingerprint density at radius 1 is 1.00 bits per heavy atom. The van der Waals surface area contributed by atoms with Crippen LogP contribution in [0.2, 0.25) is 0 Å². The molecule has 0 aliphatic heterocycles. The first-order chi connectivity index (χ1) is 3.41. The van der Waals surface area contributed by atoms with E-state index in [0.29, 0.717) is 13.1 Å². The van der Waals surface area contributed by atoms with Crippen LogP contribution in [0.5, 0.6) is 0 Å². The Kier molecular flexibility index (Phi) is 15.4. The average molecular weight is 196 g/mol. The molecule has 0 amide bonds. The molecule has 0 fully saturated rings. The molecule has 3 nitrogen and oxygen atoms in total. The third-order valence-electron chi connectivity index (χ3n) is 0.577. The van der Waals surface area contributed by atoms with Crippen LogP contribution in [0.1, 0.15) is 0 Å². The van der Waals surface area contributed by atoms with E-state index < -0.39 is 0 Å². The van der Waals surface area contributed by atoms with E-state index in [1.54, 1.807) is 0 Å². The molecule has 0 aliphatic carbocycles. The predicted molar refractivity (Wildman–Crippen MR) is 27.0 cm³/mol. The van der Waals surface area contributed by atoms with Crippen molar-refractivity contribution in [1.29, 1.82) is 0 Å². The Labute approximate surface area is 68.2 Å². The molecule has 0 radical (unpaired) electrons. The quantitative estimate of drug-likeness (QED) is 0.483. The topological polar surface area (TPSA) is 52.5 Å². The van der Waals surface area contributed by atoms with Crippen molar-refractivity contribution in [2.45, 2.75) is 0 Å². The number of aliphatic hydroxyl groups excluding tert-OH is 2. The van der Waals surface area contributed by atoms with Crippen molar-refractivity contribution >= 4 is 0 Å². The summed E-state index contributed by atoms with van der Waals surface area (Å²) in [5.74, 6) is 0. The van der Waals surface area contributed by atoms with Gasteiger partial charge in [-0.25, -0.2) is 0 Å². The van der Waals surface area contributed by atoms with Crippen LogP contribution in [0.15, 0.2) is 0 Å². The van der Waals surface area contributed by atoms with Crippen LogP contribution in [-0.2, 0) is 26.2 Å². The van der Waals surface area contributed by atoms with Gasteiger partial charge in [-0.05, 0) is 0 Å². The second kappa shape index (κ2) is 10.7. The molecule has 0 rings (SSSR count). The van der Waals surface area contributed by atoms with E-state index in [2.05, 4.69) is 5.32 Å². The van der Waals surface area contributed by atoms with Gasteiger partial charge in [0.25, 0.3) is 0 Å². The van der Waals surface area contributed by atoms with Gasteiger partial charge >= 0.3 is 0 Å². The summed E-state index contributed by atoms with van der Waals surface area (Å²) in [6, 6.07) is 0. The monoisotopic (exact) mass is 195 g/mol. The standard InChI is InChI=1S/C4H11NO2.Zr/c6-3-1-5-2-4-7;/h5-7H,1-4H2;. The fourth-order valence-corrected chi connectivity index (χ4v) is 0.283. The number of nitrogens with one attached hydrogen (secondary N) is 1. The Bertz CT molecular complexity index is 33.2. The Morgan fingerprint density at radius 3 is 1.62 bits per heavy atom. The van der Waals surface area contributed by atoms with Crippen molar-refractivity contribution in [3.05, 3.63) is 0 Å². The molecule has 3 N–H and O–H groups in total. The maximum atomic E-state index is 8.15. The van der Waals surface area contributed by atoms with Gasteiger partial charge < -0.3 is 15.5 Å². The minimum Gasteiger partial charge on any atom is -0.395 e. The largest absolute Gasteiger partial charge is 0.395 e. The van der Waals surface area contributed by atoms with E-state index in [-0.39, 0.29) is 39.4 Å². The maximum Gasteiger partial charge on any atom is 0.0555 e. The zero-order valence-electron chi connectivity index (χ0n) is 4.72. The van der Waals surface area contributed by atoms with Crippen molar-refractivity contribution in [3.8, 4) is 0 Å². The molecule has 0 saturated carbocycles. The van der Waals surface area contributed by atoms with Gasteiger partial charge in [0.2, 0.25) is 0 Å². The fraction of sp³-hybridized carbons (Fsp3) is 1.00. The summed E-state index contributed by atoms with van der Waals surface area (Å²) in [5, 5.41) is 19.1. The van der Waals surface area contributed by atoms with Crippen LogP contribution in [0.25, 0.3) is 0 Å². The van der Waals surface area contributed by atoms with Gasteiger partial charge in [0.15, 0.2) is 0 Å². The third kappa shape index (κ3) is 9.90. The zero-order valence-corrected chi connectivity index (χ0v) is 7.18. The van der Waals surface area contributed by atoms with Crippen LogP contribution in [0.4, 0.5) is 0 Å². The van der Waals surface area contributed by atoms with Crippen LogP contribution < -0.4 is 5.32 Å². The molecule has 8 heavy (non-hydrogen) atoms. The van der Waals surface area contributed by atoms with Crippen molar-refractivity contribution in [1.82, 2.24) is 5.32 Å². The first-order valence-electron chi connectivity index (χ1n) is 2.34. The second-order valence-corrected chi connectivity index (χ2v) is 1.20. The molecule has 48 valence electrons. The molecule has 0 saturated heterocycles. The van der Waals surface area contributed by atoms with E-state index in [1.165, 1.54) is 0 Å². The summed E-state index contributed by atoms with van der Waals surface area (Å²) >= 11 is 0. The van der Waals surface area contributed by atoms with Gasteiger partial charge in [-0.2, -0.15) is 0 Å². The molecule has 0 heterocycles. The molecule has 0 aromatic carbocycles. The normalized spacial score (nSPS) is 8.25. The number of hydrogen-bond donors (Lipinski definition) is 3. The van der Waals surface area contributed by atoms with Crippen molar-refractivity contribution < 1.29 is 36.4 Å². The molecule has 0 atom stereocenters. The Balaban J connectivity index is 0. The minimum absolute atomic E-state index is 0. The molecule has 0 spiro atoms. The first kappa shape index (κ1) is 11.5. The molecular weight excluding hydrogens is 185 g/mol. The molecule has 0 bridgehead atoms. The van der Waals surface area contributed by atoms with E-state index >= 15 is 0 Å². The van der Waals surface area contributed by atoms with E-state index in [0.717, 1.165) is 0 Å². The van der Waals surface area contributed by atoms with Crippen LogP contribution in [0.3, 0.4) is 0 Å².